The van der Waals surface area contributed by atoms with Crippen LogP contribution in [0.3, 0.4) is 0 Å². The van der Waals surface area contributed by atoms with Gasteiger partial charge in [-0.1, -0.05) is 11.6 Å². The molecule has 4 heteroatoms. The topological polar surface area (TPSA) is 44.5 Å². The van der Waals surface area contributed by atoms with Crippen molar-refractivity contribution < 1.29 is 9.47 Å². The Morgan fingerprint density at radius 3 is 2.44 bits per heavy atom. The highest BCUT2D eigenvalue weighted by Crippen LogP contribution is 2.54. The highest BCUT2D eigenvalue weighted by atomic mass is 35.5. The first-order valence-corrected chi connectivity index (χ1v) is 6.61. The third-order valence-electron chi connectivity index (χ3n) is 4.45. The van der Waals surface area contributed by atoms with Gasteiger partial charge in [0.05, 0.1) is 30.8 Å². The molecule has 1 saturated heterocycles. The SMILES string of the molecule is COc1cc(C)c(C2(C3(N)CC3)COC2)cc1Cl. The Morgan fingerprint density at radius 2 is 2.00 bits per heavy atom. The average Bonchev–Trinajstić information content (AvgIpc) is 3.00. The van der Waals surface area contributed by atoms with Gasteiger partial charge in [-0.3, -0.25) is 0 Å². The van der Waals surface area contributed by atoms with Gasteiger partial charge < -0.3 is 15.2 Å². The van der Waals surface area contributed by atoms with E-state index in [0.717, 1.165) is 18.6 Å². The highest BCUT2D eigenvalue weighted by molar-refractivity contribution is 6.32. The molecule has 2 N–H and O–H groups in total. The van der Waals surface area contributed by atoms with Crippen LogP contribution in [0.15, 0.2) is 12.1 Å². The zero-order valence-corrected chi connectivity index (χ0v) is 11.5. The lowest BCUT2D eigenvalue weighted by Gasteiger charge is -2.47. The maximum atomic E-state index is 6.45. The normalized spacial score (nSPS) is 23.3. The molecular formula is C14H18ClNO2. The van der Waals surface area contributed by atoms with Gasteiger partial charge in [-0.2, -0.15) is 0 Å². The van der Waals surface area contributed by atoms with Crippen molar-refractivity contribution >= 4 is 11.6 Å². The number of hydrogen-bond donors (Lipinski definition) is 1. The van der Waals surface area contributed by atoms with Crippen molar-refractivity contribution in [2.24, 2.45) is 5.73 Å². The fraction of sp³-hybridized carbons (Fsp3) is 0.571. The summed E-state index contributed by atoms with van der Waals surface area (Å²) in [4.78, 5) is 0. The van der Waals surface area contributed by atoms with Gasteiger partial charge in [0.1, 0.15) is 5.75 Å². The van der Waals surface area contributed by atoms with Crippen molar-refractivity contribution in [3.8, 4) is 5.75 Å². The lowest BCUT2D eigenvalue weighted by molar-refractivity contribution is -0.0789. The Morgan fingerprint density at radius 1 is 1.33 bits per heavy atom. The molecule has 0 radical (unpaired) electrons. The maximum Gasteiger partial charge on any atom is 0.137 e. The molecule has 1 aliphatic carbocycles. The molecule has 1 aromatic rings. The van der Waals surface area contributed by atoms with Crippen LogP contribution in [-0.2, 0) is 10.2 Å². The summed E-state index contributed by atoms with van der Waals surface area (Å²) in [6.07, 6.45) is 2.14. The number of aryl methyl sites for hydroxylation is 1. The van der Waals surface area contributed by atoms with E-state index in [2.05, 4.69) is 6.92 Å². The summed E-state index contributed by atoms with van der Waals surface area (Å²) in [5.74, 6) is 0.718. The van der Waals surface area contributed by atoms with E-state index in [1.54, 1.807) is 7.11 Å². The molecular weight excluding hydrogens is 250 g/mol. The summed E-state index contributed by atoms with van der Waals surface area (Å²) in [6, 6.07) is 3.99. The lowest BCUT2D eigenvalue weighted by Crippen LogP contribution is -2.61. The molecule has 0 atom stereocenters. The Hall–Kier alpha value is -0.770. The third kappa shape index (κ3) is 1.51. The average molecular weight is 268 g/mol. The molecule has 0 spiro atoms. The monoisotopic (exact) mass is 267 g/mol. The molecule has 1 heterocycles. The van der Waals surface area contributed by atoms with E-state index in [4.69, 9.17) is 26.8 Å². The van der Waals surface area contributed by atoms with Crippen molar-refractivity contribution in [2.75, 3.05) is 20.3 Å². The minimum Gasteiger partial charge on any atom is -0.495 e. The Bertz CT molecular complexity index is 493. The molecule has 98 valence electrons. The molecule has 0 amide bonds. The summed E-state index contributed by atoms with van der Waals surface area (Å²) in [5.41, 5.74) is 8.70. The molecule has 18 heavy (non-hydrogen) atoms. The molecule has 1 aliphatic heterocycles. The first kappa shape index (κ1) is 12.3. The fourth-order valence-corrected chi connectivity index (χ4v) is 3.20. The molecule has 3 rings (SSSR count). The van der Waals surface area contributed by atoms with E-state index in [1.165, 1.54) is 11.1 Å². The Balaban J connectivity index is 2.09. The second-order valence-electron chi connectivity index (χ2n) is 5.53. The number of nitrogens with two attached hydrogens (primary N) is 1. The zero-order chi connectivity index (χ0) is 13.0. The molecule has 0 aromatic heterocycles. The molecule has 2 fully saturated rings. The third-order valence-corrected chi connectivity index (χ3v) is 4.75. The number of ether oxygens (including phenoxy) is 2. The van der Waals surface area contributed by atoms with Gasteiger partial charge in [0.2, 0.25) is 0 Å². The van der Waals surface area contributed by atoms with E-state index < -0.39 is 0 Å². The van der Waals surface area contributed by atoms with Gasteiger partial charge >= 0.3 is 0 Å². The minimum atomic E-state index is -0.103. The van der Waals surface area contributed by atoms with E-state index in [1.807, 2.05) is 12.1 Å². The van der Waals surface area contributed by atoms with E-state index in [9.17, 15) is 0 Å². The number of halogens is 1. The molecule has 1 aromatic carbocycles. The first-order valence-electron chi connectivity index (χ1n) is 6.24. The number of hydrogen-bond acceptors (Lipinski definition) is 3. The first-order chi connectivity index (χ1) is 8.52. The van der Waals surface area contributed by atoms with Crippen molar-refractivity contribution in [3.05, 3.63) is 28.3 Å². The second-order valence-corrected chi connectivity index (χ2v) is 5.94. The summed E-state index contributed by atoms with van der Waals surface area (Å²) in [5, 5.41) is 0.647. The van der Waals surface area contributed by atoms with Gasteiger partial charge in [0.25, 0.3) is 0 Å². The number of rotatable bonds is 3. The molecule has 0 bridgehead atoms. The number of benzene rings is 1. The van der Waals surface area contributed by atoms with Gasteiger partial charge in [-0.15, -0.1) is 0 Å². The summed E-state index contributed by atoms with van der Waals surface area (Å²) in [6.45, 7) is 3.49. The summed E-state index contributed by atoms with van der Waals surface area (Å²) >= 11 is 6.25. The predicted molar refractivity (Wildman–Crippen MR) is 71.4 cm³/mol. The van der Waals surface area contributed by atoms with E-state index in [0.29, 0.717) is 18.2 Å². The van der Waals surface area contributed by atoms with Crippen molar-refractivity contribution in [1.29, 1.82) is 0 Å². The van der Waals surface area contributed by atoms with Crippen LogP contribution in [0.2, 0.25) is 5.02 Å². The van der Waals surface area contributed by atoms with Crippen LogP contribution in [0, 0.1) is 6.92 Å². The molecule has 2 aliphatic rings. The van der Waals surface area contributed by atoms with Gasteiger partial charge in [-0.05, 0) is 43.0 Å². The van der Waals surface area contributed by atoms with Crippen LogP contribution >= 0.6 is 11.6 Å². The van der Waals surface area contributed by atoms with Crippen LogP contribution in [0.5, 0.6) is 5.75 Å². The minimum absolute atomic E-state index is 0.0486. The highest BCUT2D eigenvalue weighted by Gasteiger charge is 2.61. The van der Waals surface area contributed by atoms with Gasteiger partial charge in [0, 0.05) is 5.54 Å². The molecule has 0 unspecified atom stereocenters. The second kappa shape index (κ2) is 3.86. The standard InChI is InChI=1S/C14H18ClNO2/c1-9-5-12(17-2)11(15)6-10(9)13(7-18-8-13)14(16)3-4-14/h5-6H,3-4,7-8,16H2,1-2H3. The Kier molecular flexibility index (Phi) is 2.63. The number of methoxy groups -OCH3 is 1. The van der Waals surface area contributed by atoms with Crippen LogP contribution in [0.25, 0.3) is 0 Å². The van der Waals surface area contributed by atoms with Crippen LogP contribution in [0.1, 0.15) is 24.0 Å². The Labute approximate surface area is 112 Å². The van der Waals surface area contributed by atoms with Crippen LogP contribution in [0.4, 0.5) is 0 Å². The zero-order valence-electron chi connectivity index (χ0n) is 10.8. The summed E-state index contributed by atoms with van der Waals surface area (Å²) < 4.78 is 10.7. The van der Waals surface area contributed by atoms with Crippen LogP contribution < -0.4 is 10.5 Å². The largest absolute Gasteiger partial charge is 0.495 e. The van der Waals surface area contributed by atoms with Crippen molar-refractivity contribution in [3.63, 3.8) is 0 Å². The lowest BCUT2D eigenvalue weighted by atomic mass is 9.69. The van der Waals surface area contributed by atoms with Gasteiger partial charge in [-0.25, -0.2) is 0 Å². The quantitative estimate of drug-likeness (QED) is 0.915. The van der Waals surface area contributed by atoms with E-state index in [-0.39, 0.29) is 11.0 Å². The fourth-order valence-electron chi connectivity index (χ4n) is 2.96. The van der Waals surface area contributed by atoms with E-state index >= 15 is 0 Å². The maximum absolute atomic E-state index is 6.45. The smallest absolute Gasteiger partial charge is 0.137 e. The van der Waals surface area contributed by atoms with Crippen LogP contribution in [-0.4, -0.2) is 25.9 Å². The predicted octanol–water partition coefficient (Wildman–Crippen LogP) is 2.42. The van der Waals surface area contributed by atoms with Gasteiger partial charge in [0.15, 0.2) is 0 Å². The van der Waals surface area contributed by atoms with Crippen molar-refractivity contribution in [2.45, 2.75) is 30.7 Å². The summed E-state index contributed by atoms with van der Waals surface area (Å²) in [7, 11) is 1.63. The molecule has 3 nitrogen and oxygen atoms in total. The van der Waals surface area contributed by atoms with Crippen molar-refractivity contribution in [1.82, 2.24) is 0 Å². The molecule has 1 saturated carbocycles.